The number of sulfonamides is 1. The molecule has 36 heavy (non-hydrogen) atoms. The van der Waals surface area contributed by atoms with Crippen LogP contribution in [0.3, 0.4) is 0 Å². The lowest BCUT2D eigenvalue weighted by atomic mass is 10.0. The van der Waals surface area contributed by atoms with E-state index in [9.17, 15) is 18.3 Å². The maximum Gasteiger partial charge on any atom is 0.254 e. The van der Waals surface area contributed by atoms with E-state index in [1.165, 1.54) is 4.31 Å². The molecule has 0 spiro atoms. The molecule has 1 aliphatic rings. The number of nitrogens with zero attached hydrogens (tertiary/aromatic N) is 3. The molecule has 0 saturated carbocycles. The van der Waals surface area contributed by atoms with E-state index in [1.807, 2.05) is 42.5 Å². The first-order chi connectivity index (χ1) is 17.4. The number of hydrogen-bond donors (Lipinski definition) is 1. The van der Waals surface area contributed by atoms with Gasteiger partial charge in [-0.15, -0.1) is 0 Å². The van der Waals surface area contributed by atoms with Crippen molar-refractivity contribution in [3.8, 4) is 11.1 Å². The Morgan fingerprint density at radius 2 is 1.58 bits per heavy atom. The number of carbonyl (C=O) groups excluding carboxylic acids is 1. The van der Waals surface area contributed by atoms with E-state index in [2.05, 4.69) is 20.9 Å². The van der Waals surface area contributed by atoms with E-state index in [-0.39, 0.29) is 37.0 Å². The molecule has 9 heteroatoms. The van der Waals surface area contributed by atoms with Crippen LogP contribution in [-0.2, 0) is 10.0 Å². The van der Waals surface area contributed by atoms with Gasteiger partial charge >= 0.3 is 0 Å². The fourth-order valence-electron chi connectivity index (χ4n) is 4.49. The molecule has 1 aliphatic heterocycles. The zero-order chi connectivity index (χ0) is 25.3. The average Bonchev–Trinajstić information content (AvgIpc) is 2.92. The van der Waals surface area contributed by atoms with E-state index in [1.54, 1.807) is 47.6 Å². The van der Waals surface area contributed by atoms with Crippen LogP contribution in [0.2, 0.25) is 0 Å². The monoisotopic (exact) mass is 565 g/mol. The highest BCUT2D eigenvalue weighted by Gasteiger charge is 2.36. The minimum absolute atomic E-state index is 0.0258. The van der Waals surface area contributed by atoms with Gasteiger partial charge in [0.2, 0.25) is 10.0 Å². The van der Waals surface area contributed by atoms with Crippen LogP contribution in [0, 0.1) is 0 Å². The van der Waals surface area contributed by atoms with Crippen molar-refractivity contribution in [2.45, 2.75) is 10.9 Å². The second-order valence-electron chi connectivity index (χ2n) is 8.66. The maximum atomic E-state index is 13.4. The Morgan fingerprint density at radius 3 is 2.31 bits per heavy atom. The van der Waals surface area contributed by atoms with Gasteiger partial charge in [0.25, 0.3) is 5.91 Å². The van der Waals surface area contributed by atoms with Crippen molar-refractivity contribution in [1.82, 2.24) is 14.2 Å². The number of amides is 1. The number of hydrogen-bond acceptors (Lipinski definition) is 5. The maximum absolute atomic E-state index is 13.4. The van der Waals surface area contributed by atoms with Crippen molar-refractivity contribution in [3.05, 3.63) is 95.2 Å². The number of pyridine rings is 1. The summed E-state index contributed by atoms with van der Waals surface area (Å²) in [5, 5.41) is 11.8. The molecular formula is C27H24BrN3O4S. The molecular weight excluding hydrogens is 542 g/mol. The SMILES string of the molecule is O=C(c1ccc(-c2ccncc2)cc1)N1CCN(S(=O)(=O)c2ccc3cc(Br)ccc3c2)CC1CO. The summed E-state index contributed by atoms with van der Waals surface area (Å²) in [7, 11) is -3.79. The molecule has 0 bridgehead atoms. The molecule has 3 aromatic carbocycles. The third-order valence-electron chi connectivity index (χ3n) is 6.47. The molecule has 1 amide bonds. The first-order valence-corrected chi connectivity index (χ1v) is 13.7. The van der Waals surface area contributed by atoms with Crippen LogP contribution in [0.15, 0.2) is 94.6 Å². The van der Waals surface area contributed by atoms with Gasteiger partial charge in [-0.05, 0) is 70.4 Å². The minimum Gasteiger partial charge on any atom is -0.394 e. The first kappa shape index (κ1) is 24.6. The number of piperazine rings is 1. The van der Waals surface area contributed by atoms with Gasteiger partial charge in [-0.25, -0.2) is 8.42 Å². The summed E-state index contributed by atoms with van der Waals surface area (Å²) in [5.41, 5.74) is 2.45. The second-order valence-corrected chi connectivity index (χ2v) is 11.5. The molecule has 5 rings (SSSR count). The molecule has 0 aliphatic carbocycles. The van der Waals surface area contributed by atoms with Crippen molar-refractivity contribution in [2.24, 2.45) is 0 Å². The topological polar surface area (TPSA) is 90.8 Å². The summed E-state index contributed by atoms with van der Waals surface area (Å²) < 4.78 is 29.1. The van der Waals surface area contributed by atoms with Crippen molar-refractivity contribution in [2.75, 3.05) is 26.2 Å². The van der Waals surface area contributed by atoms with Crippen molar-refractivity contribution >= 4 is 42.6 Å². The minimum atomic E-state index is -3.79. The Bertz CT molecular complexity index is 1510. The van der Waals surface area contributed by atoms with E-state index in [0.29, 0.717) is 5.56 Å². The number of aromatic nitrogens is 1. The summed E-state index contributed by atoms with van der Waals surface area (Å²) in [6.07, 6.45) is 3.43. The predicted octanol–water partition coefficient (Wildman–Crippen LogP) is 4.17. The number of benzene rings is 3. The van der Waals surface area contributed by atoms with Crippen LogP contribution in [0.25, 0.3) is 21.9 Å². The number of rotatable bonds is 5. The Hall–Kier alpha value is -3.11. The van der Waals surface area contributed by atoms with Crippen LogP contribution in [0.4, 0.5) is 0 Å². The summed E-state index contributed by atoms with van der Waals surface area (Å²) in [4.78, 5) is 19.0. The van der Waals surface area contributed by atoms with E-state index in [0.717, 1.165) is 26.4 Å². The number of aliphatic hydroxyl groups is 1. The summed E-state index contributed by atoms with van der Waals surface area (Å²) in [5.74, 6) is -0.233. The van der Waals surface area contributed by atoms with Crippen LogP contribution in [0.5, 0.6) is 0 Å². The fraction of sp³-hybridized carbons (Fsp3) is 0.185. The molecule has 7 nitrogen and oxygen atoms in total. The fourth-order valence-corrected chi connectivity index (χ4v) is 6.37. The Morgan fingerprint density at radius 1 is 0.917 bits per heavy atom. The Balaban J connectivity index is 1.33. The highest BCUT2D eigenvalue weighted by atomic mass is 79.9. The number of carbonyl (C=O) groups is 1. The van der Waals surface area contributed by atoms with Crippen LogP contribution >= 0.6 is 15.9 Å². The van der Waals surface area contributed by atoms with E-state index in [4.69, 9.17) is 0 Å². The molecule has 1 unspecified atom stereocenters. The standard InChI is InChI=1S/C27H24BrN3O4S/c28-24-7-5-23-16-26(8-6-22(23)15-24)36(34,35)30-13-14-31(25(17-30)18-32)27(33)21-3-1-19(2-4-21)20-9-11-29-12-10-20/h1-12,15-16,25,32H,13-14,17-18H2. The van der Waals surface area contributed by atoms with Crippen molar-refractivity contribution < 1.29 is 18.3 Å². The molecule has 4 aromatic rings. The van der Waals surface area contributed by atoms with Gasteiger partial charge in [0.05, 0.1) is 17.5 Å². The second kappa shape index (κ2) is 10.1. The Kier molecular flexibility index (Phi) is 6.90. The first-order valence-electron chi connectivity index (χ1n) is 11.5. The zero-order valence-corrected chi connectivity index (χ0v) is 21.7. The third-order valence-corrected chi connectivity index (χ3v) is 8.83. The molecule has 1 N–H and O–H groups in total. The van der Waals surface area contributed by atoms with Crippen molar-refractivity contribution in [1.29, 1.82) is 0 Å². The van der Waals surface area contributed by atoms with Gasteiger partial charge in [0.1, 0.15) is 0 Å². The highest BCUT2D eigenvalue weighted by Crippen LogP contribution is 2.27. The van der Waals surface area contributed by atoms with Gasteiger partial charge < -0.3 is 10.0 Å². The zero-order valence-electron chi connectivity index (χ0n) is 19.3. The molecule has 1 saturated heterocycles. The number of halogens is 1. The quantitative estimate of drug-likeness (QED) is 0.392. The van der Waals surface area contributed by atoms with E-state index < -0.39 is 16.1 Å². The van der Waals surface area contributed by atoms with E-state index >= 15 is 0 Å². The van der Waals surface area contributed by atoms with Gasteiger partial charge in [0.15, 0.2) is 0 Å². The van der Waals surface area contributed by atoms with Crippen LogP contribution in [0.1, 0.15) is 10.4 Å². The lowest BCUT2D eigenvalue weighted by Crippen LogP contribution is -2.57. The van der Waals surface area contributed by atoms with Crippen molar-refractivity contribution in [3.63, 3.8) is 0 Å². The summed E-state index contributed by atoms with van der Waals surface area (Å²) in [6.45, 7) is 0.0324. The van der Waals surface area contributed by atoms with Crippen LogP contribution < -0.4 is 0 Å². The predicted molar refractivity (Wildman–Crippen MR) is 142 cm³/mol. The molecule has 0 radical (unpaired) electrons. The van der Waals surface area contributed by atoms with Gasteiger partial charge in [0, 0.05) is 42.1 Å². The summed E-state index contributed by atoms with van der Waals surface area (Å²) >= 11 is 3.43. The smallest absolute Gasteiger partial charge is 0.254 e. The molecule has 2 heterocycles. The molecule has 1 aromatic heterocycles. The molecule has 184 valence electrons. The van der Waals surface area contributed by atoms with Gasteiger partial charge in [-0.1, -0.05) is 40.2 Å². The average molecular weight is 566 g/mol. The van der Waals surface area contributed by atoms with Gasteiger partial charge in [-0.3, -0.25) is 9.78 Å². The number of aliphatic hydroxyl groups excluding tert-OH is 1. The largest absolute Gasteiger partial charge is 0.394 e. The summed E-state index contributed by atoms with van der Waals surface area (Å²) in [6, 6.07) is 21.1. The normalized spacial score (nSPS) is 16.8. The number of fused-ring (bicyclic) bond motifs is 1. The Labute approximate surface area is 218 Å². The molecule has 1 fully saturated rings. The third kappa shape index (κ3) is 4.79. The lowest BCUT2D eigenvalue weighted by Gasteiger charge is -2.40. The molecule has 1 atom stereocenters. The van der Waals surface area contributed by atoms with Gasteiger partial charge in [-0.2, -0.15) is 4.31 Å². The highest BCUT2D eigenvalue weighted by molar-refractivity contribution is 9.10. The van der Waals surface area contributed by atoms with Crippen LogP contribution in [-0.4, -0.2) is 65.9 Å². The lowest BCUT2D eigenvalue weighted by molar-refractivity contribution is 0.0439.